The Morgan fingerprint density at radius 1 is 1.19 bits per heavy atom. The Kier molecular flexibility index (Phi) is 7.00. The Hall–Kier alpha value is -2.11. The number of phenolic OH excluding ortho intramolecular Hbond substituents is 1. The molecule has 0 aliphatic heterocycles. The molecule has 0 amide bonds. The molecule has 2 N–H and O–H groups in total. The van der Waals surface area contributed by atoms with Crippen LogP contribution >= 0.6 is 23.2 Å². The van der Waals surface area contributed by atoms with Gasteiger partial charge in [-0.05, 0) is 43.2 Å². The van der Waals surface area contributed by atoms with Crippen molar-refractivity contribution in [3.63, 3.8) is 0 Å². The van der Waals surface area contributed by atoms with E-state index in [1.54, 1.807) is 31.2 Å². The molecule has 26 heavy (non-hydrogen) atoms. The molecule has 0 aliphatic rings. The Labute approximate surface area is 162 Å². The Balaban J connectivity index is 2.22. The van der Waals surface area contributed by atoms with E-state index < -0.39 is 0 Å². The number of halogens is 2. The first-order valence-electron chi connectivity index (χ1n) is 8.21. The number of carbonyl (C=O) groups excluding carboxylic acids is 1. The molecule has 0 atom stereocenters. The fourth-order valence-corrected chi connectivity index (χ4v) is 2.90. The van der Waals surface area contributed by atoms with E-state index in [0.29, 0.717) is 33.8 Å². The summed E-state index contributed by atoms with van der Waals surface area (Å²) < 4.78 is 10.8. The molecule has 0 aliphatic carbocycles. The molecule has 2 aromatic carbocycles. The Morgan fingerprint density at radius 2 is 1.85 bits per heavy atom. The van der Waals surface area contributed by atoms with Crippen molar-refractivity contribution in [3.8, 4) is 17.2 Å². The van der Waals surface area contributed by atoms with Crippen LogP contribution in [0.2, 0.25) is 10.0 Å². The highest BCUT2D eigenvalue weighted by Crippen LogP contribution is 2.41. The van der Waals surface area contributed by atoms with Crippen LogP contribution in [0.5, 0.6) is 17.2 Å². The molecular formula is C19H21Cl2NO4. The van der Waals surface area contributed by atoms with Crippen molar-refractivity contribution in [1.29, 1.82) is 0 Å². The molecular weight excluding hydrogens is 377 g/mol. The second-order valence-corrected chi connectivity index (χ2v) is 6.72. The average molecular weight is 398 g/mol. The van der Waals surface area contributed by atoms with Crippen LogP contribution in [0.1, 0.15) is 32.3 Å². The number of carbonyl (C=O) groups is 1. The zero-order valence-electron chi connectivity index (χ0n) is 14.8. The van der Waals surface area contributed by atoms with Crippen LogP contribution < -0.4 is 10.1 Å². The molecule has 7 heteroatoms. The number of hydrogen-bond acceptors (Lipinski definition) is 5. The number of hydrogen-bond donors (Lipinski definition) is 2. The first kappa shape index (κ1) is 20.2. The Morgan fingerprint density at radius 3 is 2.42 bits per heavy atom. The van der Waals surface area contributed by atoms with Gasteiger partial charge in [-0.15, -0.1) is 0 Å². The van der Waals surface area contributed by atoms with Gasteiger partial charge < -0.3 is 19.9 Å². The van der Waals surface area contributed by atoms with Gasteiger partial charge in [0.2, 0.25) is 0 Å². The first-order chi connectivity index (χ1) is 12.3. The van der Waals surface area contributed by atoms with E-state index >= 15 is 0 Å². The largest absolute Gasteiger partial charge is 0.508 e. The fourth-order valence-electron chi connectivity index (χ4n) is 2.34. The van der Waals surface area contributed by atoms with Crippen molar-refractivity contribution in [2.24, 2.45) is 0 Å². The molecule has 0 aromatic heterocycles. The van der Waals surface area contributed by atoms with Crippen LogP contribution in [-0.2, 0) is 9.53 Å². The monoisotopic (exact) mass is 397 g/mol. The van der Waals surface area contributed by atoms with Crippen LogP contribution in [0.3, 0.4) is 0 Å². The SMILES string of the molecule is CCOC(=O)CNc1cc(Cl)c(Oc2ccc(O)cc2C(C)C)c(Cl)c1. The van der Waals surface area contributed by atoms with E-state index in [2.05, 4.69) is 5.32 Å². The number of anilines is 1. The molecule has 0 spiro atoms. The minimum Gasteiger partial charge on any atom is -0.508 e. The molecule has 0 saturated heterocycles. The highest BCUT2D eigenvalue weighted by Gasteiger charge is 2.15. The lowest BCUT2D eigenvalue weighted by atomic mass is 10.0. The maximum Gasteiger partial charge on any atom is 0.325 e. The van der Waals surface area contributed by atoms with E-state index in [0.717, 1.165) is 5.56 Å². The van der Waals surface area contributed by atoms with Crippen molar-refractivity contribution in [3.05, 3.63) is 45.9 Å². The number of aromatic hydroxyl groups is 1. The fraction of sp³-hybridized carbons (Fsp3) is 0.316. The minimum atomic E-state index is -0.370. The van der Waals surface area contributed by atoms with E-state index in [1.165, 1.54) is 6.07 Å². The van der Waals surface area contributed by atoms with Crippen molar-refractivity contribution < 1.29 is 19.4 Å². The van der Waals surface area contributed by atoms with Gasteiger partial charge in [0.15, 0.2) is 5.75 Å². The topological polar surface area (TPSA) is 67.8 Å². The van der Waals surface area contributed by atoms with Gasteiger partial charge in [-0.1, -0.05) is 37.0 Å². The maximum absolute atomic E-state index is 11.4. The van der Waals surface area contributed by atoms with Crippen LogP contribution in [0, 0.1) is 0 Å². The second-order valence-electron chi connectivity index (χ2n) is 5.91. The zero-order valence-corrected chi connectivity index (χ0v) is 16.3. The normalized spacial score (nSPS) is 10.7. The lowest BCUT2D eigenvalue weighted by molar-refractivity contribution is -0.140. The summed E-state index contributed by atoms with van der Waals surface area (Å²) in [6.07, 6.45) is 0. The first-order valence-corrected chi connectivity index (χ1v) is 8.96. The number of nitrogens with one attached hydrogen (secondary N) is 1. The summed E-state index contributed by atoms with van der Waals surface area (Å²) in [4.78, 5) is 11.4. The third-order valence-corrected chi connectivity index (χ3v) is 4.13. The summed E-state index contributed by atoms with van der Waals surface area (Å²) in [5.41, 5.74) is 1.41. The predicted octanol–water partition coefficient (Wildman–Crippen LogP) is 5.59. The smallest absolute Gasteiger partial charge is 0.325 e. The molecule has 0 unspecified atom stereocenters. The summed E-state index contributed by atoms with van der Waals surface area (Å²) in [6.45, 7) is 6.06. The van der Waals surface area contributed by atoms with Gasteiger partial charge >= 0.3 is 5.97 Å². The van der Waals surface area contributed by atoms with Gasteiger partial charge in [-0.3, -0.25) is 4.79 Å². The summed E-state index contributed by atoms with van der Waals surface area (Å²) in [6, 6.07) is 8.11. The number of benzene rings is 2. The summed E-state index contributed by atoms with van der Waals surface area (Å²) in [7, 11) is 0. The van der Waals surface area contributed by atoms with E-state index in [9.17, 15) is 9.90 Å². The molecule has 2 rings (SSSR count). The molecule has 0 heterocycles. The van der Waals surface area contributed by atoms with Crippen LogP contribution in [-0.4, -0.2) is 24.2 Å². The molecule has 5 nitrogen and oxygen atoms in total. The molecule has 0 fully saturated rings. The maximum atomic E-state index is 11.4. The molecule has 0 saturated carbocycles. The summed E-state index contributed by atoms with van der Waals surface area (Å²) in [5, 5.41) is 13.2. The standard InChI is InChI=1S/C19H21Cl2NO4/c1-4-25-18(24)10-22-12-7-15(20)19(16(21)8-12)26-17-6-5-13(23)9-14(17)11(2)3/h5-9,11,22-23H,4,10H2,1-3H3. The van der Waals surface area contributed by atoms with Crippen LogP contribution in [0.4, 0.5) is 5.69 Å². The molecule has 2 aromatic rings. The summed E-state index contributed by atoms with van der Waals surface area (Å²) >= 11 is 12.6. The third-order valence-electron chi connectivity index (χ3n) is 3.57. The highest BCUT2D eigenvalue weighted by molar-refractivity contribution is 6.37. The van der Waals surface area contributed by atoms with Gasteiger partial charge in [0.05, 0.1) is 16.7 Å². The molecule has 0 radical (unpaired) electrons. The molecule has 140 valence electrons. The average Bonchev–Trinajstić information content (AvgIpc) is 2.57. The van der Waals surface area contributed by atoms with Gasteiger partial charge in [0.1, 0.15) is 18.0 Å². The van der Waals surface area contributed by atoms with E-state index in [-0.39, 0.29) is 24.2 Å². The minimum absolute atomic E-state index is 0.0101. The number of ether oxygens (including phenoxy) is 2. The number of phenols is 1. The zero-order chi connectivity index (χ0) is 19.3. The van der Waals surface area contributed by atoms with Crippen molar-refractivity contribution in [1.82, 2.24) is 0 Å². The second kappa shape index (κ2) is 9.01. The lowest BCUT2D eigenvalue weighted by Gasteiger charge is -2.17. The van der Waals surface area contributed by atoms with E-state index in [4.69, 9.17) is 32.7 Å². The number of rotatable bonds is 7. The highest BCUT2D eigenvalue weighted by atomic mass is 35.5. The third kappa shape index (κ3) is 5.19. The lowest BCUT2D eigenvalue weighted by Crippen LogP contribution is -2.16. The van der Waals surface area contributed by atoms with E-state index in [1.807, 2.05) is 13.8 Å². The van der Waals surface area contributed by atoms with Gasteiger partial charge in [0.25, 0.3) is 0 Å². The predicted molar refractivity (Wildman–Crippen MR) is 104 cm³/mol. The quantitative estimate of drug-likeness (QED) is 0.595. The van der Waals surface area contributed by atoms with Gasteiger partial charge in [0, 0.05) is 11.3 Å². The van der Waals surface area contributed by atoms with Crippen LogP contribution in [0.15, 0.2) is 30.3 Å². The van der Waals surface area contributed by atoms with Gasteiger partial charge in [-0.25, -0.2) is 0 Å². The van der Waals surface area contributed by atoms with Crippen molar-refractivity contribution >= 4 is 34.9 Å². The van der Waals surface area contributed by atoms with Crippen LogP contribution in [0.25, 0.3) is 0 Å². The van der Waals surface area contributed by atoms with Gasteiger partial charge in [-0.2, -0.15) is 0 Å². The molecule has 0 bridgehead atoms. The number of esters is 1. The summed E-state index contributed by atoms with van der Waals surface area (Å²) in [5.74, 6) is 0.805. The Bertz CT molecular complexity index is 770. The van der Waals surface area contributed by atoms with Crippen molar-refractivity contribution in [2.45, 2.75) is 26.7 Å². The van der Waals surface area contributed by atoms with Crippen molar-refractivity contribution in [2.75, 3.05) is 18.5 Å².